The van der Waals surface area contributed by atoms with Crippen LogP contribution in [0.2, 0.25) is 5.02 Å². The molecule has 2 heterocycles. The highest BCUT2D eigenvalue weighted by atomic mass is 35.5. The molecule has 2 aromatic rings. The number of anilines is 1. The number of thioether (sulfide) groups is 1. The van der Waals surface area contributed by atoms with Gasteiger partial charge >= 0.3 is 0 Å². The van der Waals surface area contributed by atoms with Crippen LogP contribution in [-0.2, 0) is 9.59 Å². The molecule has 0 radical (unpaired) electrons. The van der Waals surface area contributed by atoms with Crippen molar-refractivity contribution in [3.8, 4) is 0 Å². The topological polar surface area (TPSA) is 61.8 Å². The molecule has 0 spiro atoms. The second-order valence-corrected chi connectivity index (χ2v) is 7.60. The lowest BCUT2D eigenvalue weighted by molar-refractivity contribution is -0.125. The molecule has 1 atom stereocenters. The van der Waals surface area contributed by atoms with Crippen molar-refractivity contribution in [2.75, 3.05) is 11.1 Å². The number of fused-ring (bicyclic) bond motifs is 1. The van der Waals surface area contributed by atoms with Crippen LogP contribution in [0.3, 0.4) is 0 Å². The molecule has 136 valence electrons. The van der Waals surface area contributed by atoms with Gasteiger partial charge in [0.15, 0.2) is 5.17 Å². The molecule has 1 N–H and O–H groups in total. The van der Waals surface area contributed by atoms with E-state index < -0.39 is 6.04 Å². The van der Waals surface area contributed by atoms with E-state index in [4.69, 9.17) is 11.6 Å². The van der Waals surface area contributed by atoms with Crippen LogP contribution < -0.4 is 5.32 Å². The van der Waals surface area contributed by atoms with Gasteiger partial charge in [-0.25, -0.2) is 4.99 Å². The Morgan fingerprint density at radius 1 is 1.19 bits per heavy atom. The Morgan fingerprint density at radius 2 is 1.89 bits per heavy atom. The summed E-state index contributed by atoms with van der Waals surface area (Å²) in [5.74, 6) is -0.00795. The van der Waals surface area contributed by atoms with Gasteiger partial charge in [-0.2, -0.15) is 0 Å². The third-order valence-corrected chi connectivity index (χ3v) is 5.64. The number of nitrogens with zero attached hydrogens (tertiary/aromatic N) is 2. The zero-order valence-corrected chi connectivity index (χ0v) is 16.1. The van der Waals surface area contributed by atoms with Crippen molar-refractivity contribution in [1.29, 1.82) is 0 Å². The second-order valence-electron chi connectivity index (χ2n) is 6.22. The first-order valence-electron chi connectivity index (χ1n) is 8.41. The predicted molar refractivity (Wildman–Crippen MR) is 109 cm³/mol. The Morgan fingerprint density at radius 3 is 2.59 bits per heavy atom. The fourth-order valence-electron chi connectivity index (χ4n) is 3.21. The third-order valence-electron chi connectivity index (χ3n) is 4.45. The molecule has 2 aliphatic rings. The molecule has 0 aromatic heterocycles. The average molecular weight is 398 g/mol. The van der Waals surface area contributed by atoms with Crippen molar-refractivity contribution in [1.82, 2.24) is 4.90 Å². The van der Waals surface area contributed by atoms with E-state index >= 15 is 0 Å². The second kappa shape index (κ2) is 7.21. The maximum Gasteiger partial charge on any atom is 0.255 e. The lowest BCUT2D eigenvalue weighted by Gasteiger charge is -2.33. The molecule has 2 amide bonds. The van der Waals surface area contributed by atoms with Crippen LogP contribution >= 0.6 is 23.4 Å². The van der Waals surface area contributed by atoms with Crippen molar-refractivity contribution in [3.63, 3.8) is 0 Å². The SMILES string of the molecule is CC1=C(C(=O)Nc2ccccc2)[C@H](c2ccc(Cl)cc2)N2C(=O)CSC2=N1. The Bertz CT molecular complexity index is 970. The molecule has 2 aromatic carbocycles. The number of rotatable bonds is 3. The van der Waals surface area contributed by atoms with E-state index in [1.807, 2.05) is 42.5 Å². The Hall–Kier alpha value is -2.57. The number of benzene rings is 2. The predicted octanol–water partition coefficient (Wildman–Crippen LogP) is 4.24. The van der Waals surface area contributed by atoms with Crippen molar-refractivity contribution in [2.45, 2.75) is 13.0 Å². The molecule has 0 unspecified atom stereocenters. The van der Waals surface area contributed by atoms with Crippen LogP contribution in [0.5, 0.6) is 0 Å². The Balaban J connectivity index is 1.78. The van der Waals surface area contributed by atoms with Gasteiger partial charge in [0.25, 0.3) is 5.91 Å². The van der Waals surface area contributed by atoms with Gasteiger partial charge in [-0.3, -0.25) is 14.5 Å². The highest BCUT2D eigenvalue weighted by Gasteiger charge is 2.42. The molecular weight excluding hydrogens is 382 g/mol. The fraction of sp³-hybridized carbons (Fsp3) is 0.150. The minimum Gasteiger partial charge on any atom is -0.322 e. The van der Waals surface area contributed by atoms with Crippen LogP contribution in [0.4, 0.5) is 5.69 Å². The molecule has 2 aliphatic heterocycles. The molecule has 0 saturated carbocycles. The number of para-hydroxylation sites is 1. The normalized spacial score (nSPS) is 19.0. The first-order valence-corrected chi connectivity index (χ1v) is 9.77. The zero-order chi connectivity index (χ0) is 19.0. The van der Waals surface area contributed by atoms with Gasteiger partial charge in [-0.1, -0.05) is 53.7 Å². The molecule has 1 fully saturated rings. The van der Waals surface area contributed by atoms with Crippen molar-refractivity contribution < 1.29 is 9.59 Å². The molecule has 0 aliphatic carbocycles. The van der Waals surface area contributed by atoms with Crippen LogP contribution in [0.15, 0.2) is 70.9 Å². The van der Waals surface area contributed by atoms with E-state index in [0.29, 0.717) is 32.9 Å². The first-order chi connectivity index (χ1) is 13.0. The summed E-state index contributed by atoms with van der Waals surface area (Å²) in [4.78, 5) is 31.8. The molecule has 4 rings (SSSR count). The van der Waals surface area contributed by atoms with Crippen molar-refractivity contribution >= 4 is 46.0 Å². The van der Waals surface area contributed by atoms with Gasteiger partial charge < -0.3 is 5.32 Å². The van der Waals surface area contributed by atoms with E-state index in [1.54, 1.807) is 24.0 Å². The largest absolute Gasteiger partial charge is 0.322 e. The number of allylic oxidation sites excluding steroid dienone is 1. The quantitative estimate of drug-likeness (QED) is 0.842. The van der Waals surface area contributed by atoms with E-state index in [0.717, 1.165) is 5.56 Å². The average Bonchev–Trinajstić information content (AvgIpc) is 3.02. The van der Waals surface area contributed by atoms with Crippen molar-refractivity contribution in [3.05, 3.63) is 76.5 Å². The summed E-state index contributed by atoms with van der Waals surface area (Å²) >= 11 is 7.42. The van der Waals surface area contributed by atoms with E-state index in [9.17, 15) is 9.59 Å². The summed E-state index contributed by atoms with van der Waals surface area (Å²) in [5, 5.41) is 4.14. The maximum atomic E-state index is 13.1. The summed E-state index contributed by atoms with van der Waals surface area (Å²) in [7, 11) is 0. The number of carbonyl (C=O) groups excluding carboxylic acids is 2. The number of nitrogens with one attached hydrogen (secondary N) is 1. The van der Waals surface area contributed by atoms with Crippen LogP contribution in [0.25, 0.3) is 0 Å². The van der Waals surface area contributed by atoms with Gasteiger partial charge in [0.1, 0.15) is 0 Å². The minimum atomic E-state index is -0.527. The first kappa shape index (κ1) is 17.8. The molecule has 27 heavy (non-hydrogen) atoms. The van der Waals surface area contributed by atoms with Gasteiger partial charge in [-0.05, 0) is 36.8 Å². The van der Waals surface area contributed by atoms with E-state index in [-0.39, 0.29) is 11.8 Å². The molecule has 7 heteroatoms. The van der Waals surface area contributed by atoms with Gasteiger partial charge in [-0.15, -0.1) is 0 Å². The van der Waals surface area contributed by atoms with Crippen LogP contribution in [0, 0.1) is 0 Å². The van der Waals surface area contributed by atoms with E-state index in [1.165, 1.54) is 11.8 Å². The highest BCUT2D eigenvalue weighted by molar-refractivity contribution is 8.15. The maximum absolute atomic E-state index is 13.1. The molecule has 0 bridgehead atoms. The summed E-state index contributed by atoms with van der Waals surface area (Å²) in [6, 6.07) is 15.9. The Kier molecular flexibility index (Phi) is 4.76. The summed E-state index contributed by atoms with van der Waals surface area (Å²) < 4.78 is 0. The lowest BCUT2D eigenvalue weighted by Crippen LogP contribution is -2.40. The molecule has 5 nitrogen and oxygen atoms in total. The van der Waals surface area contributed by atoms with Crippen molar-refractivity contribution in [2.24, 2.45) is 4.99 Å². The summed E-state index contributed by atoms with van der Waals surface area (Å²) in [5.41, 5.74) is 2.58. The summed E-state index contributed by atoms with van der Waals surface area (Å²) in [6.07, 6.45) is 0. The smallest absolute Gasteiger partial charge is 0.255 e. The molecule has 1 saturated heterocycles. The van der Waals surface area contributed by atoms with Gasteiger partial charge in [0.05, 0.1) is 23.1 Å². The number of carbonyl (C=O) groups is 2. The van der Waals surface area contributed by atoms with E-state index in [2.05, 4.69) is 10.3 Å². The minimum absolute atomic E-state index is 0.0591. The van der Waals surface area contributed by atoms with Crippen LogP contribution in [-0.4, -0.2) is 27.6 Å². The number of amides is 2. The monoisotopic (exact) mass is 397 g/mol. The molecular formula is C20H16ClN3O2S. The lowest BCUT2D eigenvalue weighted by atomic mass is 9.94. The number of hydrogen-bond acceptors (Lipinski definition) is 4. The zero-order valence-electron chi connectivity index (χ0n) is 14.5. The number of aliphatic imine (C=N–C) groups is 1. The number of halogens is 1. The highest BCUT2D eigenvalue weighted by Crippen LogP contribution is 2.41. The van der Waals surface area contributed by atoms with Crippen LogP contribution in [0.1, 0.15) is 18.5 Å². The van der Waals surface area contributed by atoms with Gasteiger partial charge in [0, 0.05) is 10.7 Å². The summed E-state index contributed by atoms with van der Waals surface area (Å²) in [6.45, 7) is 1.80. The van der Waals surface area contributed by atoms with Gasteiger partial charge in [0.2, 0.25) is 5.91 Å². The number of amidine groups is 1. The fourth-order valence-corrected chi connectivity index (χ4v) is 4.28. The third kappa shape index (κ3) is 3.38. The standard InChI is InChI=1S/C20H16ClN3O2S/c1-12-17(19(26)23-15-5-3-2-4-6-15)18(13-7-9-14(21)10-8-13)24-16(25)11-27-20(24)22-12/h2-10,18H,11H2,1H3,(H,23,26)/t18-/m0/s1. The number of hydrogen-bond donors (Lipinski definition) is 1. The Labute approximate surface area is 166 Å².